The molecular weight excluding hydrogens is 302 g/mol. The van der Waals surface area contributed by atoms with E-state index in [1.165, 1.54) is 5.56 Å². The normalized spacial score (nSPS) is 10.8. The van der Waals surface area contributed by atoms with E-state index in [0.717, 1.165) is 21.5 Å². The molecular formula is C15H17BrN3. The minimum absolute atomic E-state index is 0.503. The van der Waals surface area contributed by atoms with Gasteiger partial charge in [-0.2, -0.15) is 0 Å². The first-order valence-corrected chi connectivity index (χ1v) is 7.08. The third-order valence-corrected chi connectivity index (χ3v) is 3.46. The molecule has 0 bridgehead atoms. The zero-order chi connectivity index (χ0) is 14.0. The molecule has 3 nitrogen and oxygen atoms in total. The summed E-state index contributed by atoms with van der Waals surface area (Å²) < 4.78 is 0.974. The van der Waals surface area contributed by atoms with Crippen molar-refractivity contribution < 1.29 is 0 Å². The summed E-state index contributed by atoms with van der Waals surface area (Å²) in [6, 6.07) is 8.14. The lowest BCUT2D eigenvalue weighted by molar-refractivity contribution is 0.864. The number of aryl methyl sites for hydroxylation is 2. The molecule has 1 radical (unpaired) electrons. The highest BCUT2D eigenvalue weighted by Gasteiger charge is 2.08. The van der Waals surface area contributed by atoms with E-state index in [1.807, 2.05) is 26.0 Å². The molecule has 1 heterocycles. The van der Waals surface area contributed by atoms with E-state index in [-0.39, 0.29) is 0 Å². The van der Waals surface area contributed by atoms with Gasteiger partial charge in [0.15, 0.2) is 0 Å². The van der Waals surface area contributed by atoms with Crippen LogP contribution in [-0.2, 0) is 0 Å². The summed E-state index contributed by atoms with van der Waals surface area (Å²) in [6.07, 6.45) is 0. The number of rotatable bonds is 3. The van der Waals surface area contributed by atoms with Crippen LogP contribution in [0.15, 0.2) is 28.7 Å². The van der Waals surface area contributed by atoms with Gasteiger partial charge in [0, 0.05) is 15.9 Å². The van der Waals surface area contributed by atoms with Crippen LogP contribution in [0, 0.1) is 13.8 Å². The highest BCUT2D eigenvalue weighted by atomic mass is 79.9. The van der Waals surface area contributed by atoms with Gasteiger partial charge in [0.05, 0.1) is 5.69 Å². The minimum Gasteiger partial charge on any atom is -0.216 e. The zero-order valence-corrected chi connectivity index (χ0v) is 13.2. The predicted octanol–water partition coefficient (Wildman–Crippen LogP) is 4.55. The number of hydrogen-bond acceptors (Lipinski definition) is 2. The molecule has 1 aromatic carbocycles. The highest BCUT2D eigenvalue weighted by Crippen LogP contribution is 2.28. The summed E-state index contributed by atoms with van der Waals surface area (Å²) in [5, 5.41) is 4.49. The maximum absolute atomic E-state index is 4.49. The van der Waals surface area contributed by atoms with Gasteiger partial charge in [-0.15, -0.1) is 0 Å². The Morgan fingerprint density at radius 2 is 1.68 bits per heavy atom. The van der Waals surface area contributed by atoms with Crippen LogP contribution in [0.1, 0.15) is 36.7 Å². The first kappa shape index (κ1) is 14.0. The van der Waals surface area contributed by atoms with Crippen molar-refractivity contribution in [2.24, 2.45) is 0 Å². The van der Waals surface area contributed by atoms with E-state index in [4.69, 9.17) is 0 Å². The minimum atomic E-state index is 0.503. The Balaban J connectivity index is 2.28. The Morgan fingerprint density at radius 1 is 1.05 bits per heavy atom. The average Bonchev–Trinajstić information content (AvgIpc) is 2.30. The van der Waals surface area contributed by atoms with E-state index in [1.54, 1.807) is 0 Å². The van der Waals surface area contributed by atoms with Crippen molar-refractivity contribution in [3.8, 4) is 0 Å². The van der Waals surface area contributed by atoms with Gasteiger partial charge in [-0.25, -0.2) is 15.3 Å². The summed E-state index contributed by atoms with van der Waals surface area (Å²) in [6.45, 7) is 8.24. The number of halogens is 1. The van der Waals surface area contributed by atoms with Crippen LogP contribution in [0.3, 0.4) is 0 Å². The molecule has 0 fully saturated rings. The van der Waals surface area contributed by atoms with Crippen LogP contribution in [0.4, 0.5) is 11.6 Å². The summed E-state index contributed by atoms with van der Waals surface area (Å²) in [7, 11) is 0. The molecule has 0 N–H and O–H groups in total. The highest BCUT2D eigenvalue weighted by molar-refractivity contribution is 9.10. The molecule has 19 heavy (non-hydrogen) atoms. The van der Waals surface area contributed by atoms with Gasteiger partial charge in [0.25, 0.3) is 0 Å². The van der Waals surface area contributed by atoms with Crippen molar-refractivity contribution in [1.82, 2.24) is 15.3 Å². The Hall–Kier alpha value is -1.42. The largest absolute Gasteiger partial charge is 0.250 e. The maximum Gasteiger partial charge on any atom is 0.250 e. The van der Waals surface area contributed by atoms with E-state index >= 15 is 0 Å². The Kier molecular flexibility index (Phi) is 4.20. The van der Waals surface area contributed by atoms with Crippen molar-refractivity contribution in [3.05, 3.63) is 45.7 Å². The van der Waals surface area contributed by atoms with Gasteiger partial charge in [-0.05, 0) is 59.5 Å². The molecule has 99 valence electrons. The summed E-state index contributed by atoms with van der Waals surface area (Å²) >= 11 is 3.56. The molecule has 0 saturated heterocycles. The fraction of sp³-hybridized carbons (Fsp3) is 0.333. The van der Waals surface area contributed by atoms with Gasteiger partial charge in [0.2, 0.25) is 5.95 Å². The van der Waals surface area contributed by atoms with Gasteiger partial charge in [-0.1, -0.05) is 19.9 Å². The number of hydrogen-bond donors (Lipinski definition) is 0. The van der Waals surface area contributed by atoms with Crippen LogP contribution in [0.5, 0.6) is 0 Å². The van der Waals surface area contributed by atoms with Gasteiger partial charge in [-0.3, -0.25) is 0 Å². The molecule has 4 heteroatoms. The second-order valence-electron chi connectivity index (χ2n) is 4.93. The van der Waals surface area contributed by atoms with Crippen molar-refractivity contribution in [2.45, 2.75) is 33.6 Å². The maximum atomic E-state index is 4.49. The molecule has 0 aliphatic rings. The van der Waals surface area contributed by atoms with Crippen LogP contribution < -0.4 is 5.32 Å². The summed E-state index contributed by atoms with van der Waals surface area (Å²) in [4.78, 5) is 8.66. The Bertz CT molecular complexity index is 574. The van der Waals surface area contributed by atoms with Crippen molar-refractivity contribution in [3.63, 3.8) is 0 Å². The van der Waals surface area contributed by atoms with Gasteiger partial charge in [0.1, 0.15) is 0 Å². The number of nitrogens with zero attached hydrogens (tertiary/aromatic N) is 3. The molecule has 0 amide bonds. The van der Waals surface area contributed by atoms with Crippen molar-refractivity contribution in [2.75, 3.05) is 0 Å². The summed E-state index contributed by atoms with van der Waals surface area (Å²) in [5.41, 5.74) is 4.00. The third-order valence-electron chi connectivity index (χ3n) is 2.83. The lowest BCUT2D eigenvalue weighted by Crippen LogP contribution is -2.00. The second kappa shape index (κ2) is 5.70. The molecule has 2 aromatic rings. The number of benzene rings is 1. The topological polar surface area (TPSA) is 39.9 Å². The smallest absolute Gasteiger partial charge is 0.216 e. The lowest BCUT2D eigenvalue weighted by atomic mass is 10.0. The molecule has 0 aliphatic carbocycles. The van der Waals surface area contributed by atoms with E-state index in [0.29, 0.717) is 11.9 Å². The molecule has 0 aliphatic heterocycles. The predicted molar refractivity (Wildman–Crippen MR) is 81.2 cm³/mol. The van der Waals surface area contributed by atoms with Crippen LogP contribution in [-0.4, -0.2) is 9.97 Å². The van der Waals surface area contributed by atoms with E-state index in [9.17, 15) is 0 Å². The van der Waals surface area contributed by atoms with Gasteiger partial charge < -0.3 is 0 Å². The lowest BCUT2D eigenvalue weighted by Gasteiger charge is -2.09. The van der Waals surface area contributed by atoms with Crippen LogP contribution >= 0.6 is 15.9 Å². The molecule has 0 atom stereocenters. The molecule has 0 unspecified atom stereocenters. The summed E-state index contributed by atoms with van der Waals surface area (Å²) in [5.74, 6) is 1.01. The SMILES string of the molecule is Cc1cc(C)nc([N]c2ccc(C(C)C)cc2Br)n1. The van der Waals surface area contributed by atoms with E-state index < -0.39 is 0 Å². The monoisotopic (exact) mass is 318 g/mol. The zero-order valence-electron chi connectivity index (χ0n) is 11.6. The second-order valence-corrected chi connectivity index (χ2v) is 5.78. The third kappa shape index (κ3) is 3.53. The Labute approximate surface area is 122 Å². The number of aromatic nitrogens is 2. The van der Waals surface area contributed by atoms with Crippen molar-refractivity contribution in [1.29, 1.82) is 0 Å². The van der Waals surface area contributed by atoms with Crippen molar-refractivity contribution >= 4 is 27.6 Å². The fourth-order valence-electron chi connectivity index (χ4n) is 1.84. The molecule has 0 saturated carbocycles. The molecule has 1 aromatic heterocycles. The molecule has 0 spiro atoms. The quantitative estimate of drug-likeness (QED) is 0.833. The Morgan fingerprint density at radius 3 is 2.21 bits per heavy atom. The average molecular weight is 319 g/mol. The first-order chi connectivity index (χ1) is 8.95. The standard InChI is InChI=1S/C15H17BrN3/c1-9(2)12-5-6-14(13(16)8-12)19-15-17-10(3)7-11(4)18-15/h5-9H,1-4H3. The first-order valence-electron chi connectivity index (χ1n) is 6.29. The fourth-order valence-corrected chi connectivity index (χ4v) is 2.32. The molecule has 2 rings (SSSR count). The van der Waals surface area contributed by atoms with Crippen LogP contribution in [0.2, 0.25) is 0 Å². The van der Waals surface area contributed by atoms with Gasteiger partial charge >= 0.3 is 0 Å². The van der Waals surface area contributed by atoms with Crippen LogP contribution in [0.25, 0.3) is 0 Å². The van der Waals surface area contributed by atoms with E-state index in [2.05, 4.69) is 57.2 Å².